The highest BCUT2D eigenvalue weighted by atomic mass is 16.4. The summed E-state index contributed by atoms with van der Waals surface area (Å²) in [6, 6.07) is 9.84. The van der Waals surface area contributed by atoms with Gasteiger partial charge in [0.2, 0.25) is 5.91 Å². The number of rotatable bonds is 7. The number of carboxylic acids is 1. The number of hydrogen-bond donors (Lipinski definition) is 1. The van der Waals surface area contributed by atoms with Crippen LogP contribution in [0, 0.1) is 11.8 Å². The van der Waals surface area contributed by atoms with Crippen molar-refractivity contribution >= 4 is 11.9 Å². The van der Waals surface area contributed by atoms with Crippen molar-refractivity contribution in [3.63, 3.8) is 0 Å². The predicted octanol–water partition coefficient (Wildman–Crippen LogP) is 2.54. The molecular formula is C16H21NO3. The summed E-state index contributed by atoms with van der Waals surface area (Å²) in [6.45, 7) is 3.17. The first kappa shape index (κ1) is 14.6. The topological polar surface area (TPSA) is 57.6 Å². The zero-order valence-corrected chi connectivity index (χ0v) is 11.8. The molecule has 4 heteroatoms. The van der Waals surface area contributed by atoms with Crippen molar-refractivity contribution in [2.45, 2.75) is 32.7 Å². The molecule has 0 bridgehead atoms. The zero-order chi connectivity index (χ0) is 14.5. The largest absolute Gasteiger partial charge is 0.481 e. The van der Waals surface area contributed by atoms with E-state index in [1.54, 1.807) is 0 Å². The molecule has 1 aliphatic carbocycles. The Kier molecular flexibility index (Phi) is 4.77. The van der Waals surface area contributed by atoms with E-state index in [0.29, 0.717) is 25.4 Å². The maximum atomic E-state index is 12.4. The number of amides is 1. The minimum atomic E-state index is -0.808. The Bertz CT molecular complexity index is 472. The molecule has 1 fully saturated rings. The van der Waals surface area contributed by atoms with Crippen LogP contribution in [-0.4, -0.2) is 28.4 Å². The summed E-state index contributed by atoms with van der Waals surface area (Å²) in [5.41, 5.74) is 1.09. The van der Waals surface area contributed by atoms with E-state index < -0.39 is 5.97 Å². The SMILES string of the molecule is CC1CC1C(=O)N(CCCC(=O)O)Cc1ccccc1. The smallest absolute Gasteiger partial charge is 0.303 e. The van der Waals surface area contributed by atoms with E-state index >= 15 is 0 Å². The van der Waals surface area contributed by atoms with Gasteiger partial charge in [-0.25, -0.2) is 0 Å². The summed E-state index contributed by atoms with van der Waals surface area (Å²) < 4.78 is 0. The van der Waals surface area contributed by atoms with Crippen LogP contribution in [0.1, 0.15) is 31.7 Å². The maximum absolute atomic E-state index is 12.4. The Labute approximate surface area is 119 Å². The molecular weight excluding hydrogens is 254 g/mol. The first-order valence-corrected chi connectivity index (χ1v) is 7.12. The molecule has 1 N–H and O–H groups in total. The van der Waals surface area contributed by atoms with Gasteiger partial charge in [0, 0.05) is 25.4 Å². The van der Waals surface area contributed by atoms with Gasteiger partial charge in [0.1, 0.15) is 0 Å². The van der Waals surface area contributed by atoms with Crippen molar-refractivity contribution in [3.8, 4) is 0 Å². The van der Waals surface area contributed by atoms with E-state index in [4.69, 9.17) is 5.11 Å². The van der Waals surface area contributed by atoms with Crippen LogP contribution < -0.4 is 0 Å². The maximum Gasteiger partial charge on any atom is 0.303 e. The molecule has 0 heterocycles. The molecule has 1 aromatic rings. The molecule has 2 atom stereocenters. The van der Waals surface area contributed by atoms with Crippen molar-refractivity contribution in [2.75, 3.05) is 6.54 Å². The number of carboxylic acid groups (broad SMARTS) is 1. The predicted molar refractivity (Wildman–Crippen MR) is 76.0 cm³/mol. The number of carbonyl (C=O) groups is 2. The molecule has 0 aromatic heterocycles. The molecule has 2 rings (SSSR count). The second-order valence-electron chi connectivity index (χ2n) is 5.56. The number of hydrogen-bond acceptors (Lipinski definition) is 2. The lowest BCUT2D eigenvalue weighted by Gasteiger charge is -2.23. The monoisotopic (exact) mass is 275 g/mol. The van der Waals surface area contributed by atoms with Crippen LogP contribution in [0.4, 0.5) is 0 Å². The van der Waals surface area contributed by atoms with Crippen molar-refractivity contribution in [3.05, 3.63) is 35.9 Å². The minimum Gasteiger partial charge on any atom is -0.481 e. The van der Waals surface area contributed by atoms with Gasteiger partial charge in [0.05, 0.1) is 0 Å². The van der Waals surface area contributed by atoms with Gasteiger partial charge >= 0.3 is 5.97 Å². The Hall–Kier alpha value is -1.84. The normalized spacial score (nSPS) is 20.4. The van der Waals surface area contributed by atoms with Crippen LogP contribution >= 0.6 is 0 Å². The summed E-state index contributed by atoms with van der Waals surface area (Å²) in [7, 11) is 0. The summed E-state index contributed by atoms with van der Waals surface area (Å²) in [5, 5.41) is 8.71. The lowest BCUT2D eigenvalue weighted by molar-refractivity contribution is -0.138. The van der Waals surface area contributed by atoms with Gasteiger partial charge in [0.25, 0.3) is 0 Å². The van der Waals surface area contributed by atoms with E-state index in [9.17, 15) is 9.59 Å². The Morgan fingerprint density at radius 3 is 2.50 bits per heavy atom. The van der Waals surface area contributed by atoms with Crippen molar-refractivity contribution in [1.82, 2.24) is 4.90 Å². The highest BCUT2D eigenvalue weighted by Crippen LogP contribution is 2.39. The summed E-state index contributed by atoms with van der Waals surface area (Å²) >= 11 is 0. The van der Waals surface area contributed by atoms with Gasteiger partial charge in [-0.1, -0.05) is 37.3 Å². The van der Waals surface area contributed by atoms with Gasteiger partial charge in [-0.05, 0) is 24.3 Å². The Morgan fingerprint density at radius 1 is 1.30 bits per heavy atom. The van der Waals surface area contributed by atoms with Crippen molar-refractivity contribution < 1.29 is 14.7 Å². The molecule has 20 heavy (non-hydrogen) atoms. The van der Waals surface area contributed by atoms with Crippen LogP contribution in [0.2, 0.25) is 0 Å². The molecule has 1 amide bonds. The van der Waals surface area contributed by atoms with Gasteiger partial charge in [-0.15, -0.1) is 0 Å². The van der Waals surface area contributed by atoms with E-state index in [-0.39, 0.29) is 18.2 Å². The first-order chi connectivity index (χ1) is 9.58. The fraction of sp³-hybridized carbons (Fsp3) is 0.500. The van der Waals surface area contributed by atoms with Crippen LogP contribution in [0.3, 0.4) is 0 Å². The van der Waals surface area contributed by atoms with Gasteiger partial charge in [0.15, 0.2) is 0 Å². The van der Waals surface area contributed by atoms with Crippen LogP contribution in [0.15, 0.2) is 30.3 Å². The van der Waals surface area contributed by atoms with E-state index in [0.717, 1.165) is 12.0 Å². The molecule has 0 saturated heterocycles. The highest BCUT2D eigenvalue weighted by Gasteiger charge is 2.41. The summed E-state index contributed by atoms with van der Waals surface area (Å²) in [4.78, 5) is 24.8. The highest BCUT2D eigenvalue weighted by molar-refractivity contribution is 5.81. The average molecular weight is 275 g/mol. The molecule has 0 aliphatic heterocycles. The third-order valence-electron chi connectivity index (χ3n) is 3.77. The third-order valence-corrected chi connectivity index (χ3v) is 3.77. The molecule has 1 aromatic carbocycles. The summed E-state index contributed by atoms with van der Waals surface area (Å²) in [6.07, 6.45) is 1.58. The number of nitrogens with zero attached hydrogens (tertiary/aromatic N) is 1. The molecule has 2 unspecified atom stereocenters. The van der Waals surface area contributed by atoms with Crippen LogP contribution in [0.25, 0.3) is 0 Å². The van der Waals surface area contributed by atoms with Gasteiger partial charge < -0.3 is 10.0 Å². The second-order valence-corrected chi connectivity index (χ2v) is 5.56. The number of benzene rings is 1. The fourth-order valence-electron chi connectivity index (χ4n) is 2.39. The van der Waals surface area contributed by atoms with E-state index in [1.807, 2.05) is 35.2 Å². The standard InChI is InChI=1S/C16H21NO3/c1-12-10-14(12)16(20)17(9-5-8-15(18)19)11-13-6-3-2-4-7-13/h2-4,6-7,12,14H,5,8-11H2,1H3,(H,18,19). The lowest BCUT2D eigenvalue weighted by Crippen LogP contribution is -2.33. The first-order valence-electron chi connectivity index (χ1n) is 7.12. The average Bonchev–Trinajstić information content (AvgIpc) is 3.15. The zero-order valence-electron chi connectivity index (χ0n) is 11.8. The minimum absolute atomic E-state index is 0.110. The fourth-order valence-corrected chi connectivity index (χ4v) is 2.39. The molecule has 1 aliphatic rings. The van der Waals surface area contributed by atoms with Crippen molar-refractivity contribution in [2.24, 2.45) is 11.8 Å². The summed E-state index contributed by atoms with van der Waals surface area (Å²) in [5.74, 6) is -0.0209. The lowest BCUT2D eigenvalue weighted by atomic mass is 10.2. The van der Waals surface area contributed by atoms with Gasteiger partial charge in [-0.3, -0.25) is 9.59 Å². The van der Waals surface area contributed by atoms with Gasteiger partial charge in [-0.2, -0.15) is 0 Å². The molecule has 1 saturated carbocycles. The number of aliphatic carboxylic acids is 1. The molecule has 0 spiro atoms. The molecule has 108 valence electrons. The van der Waals surface area contributed by atoms with E-state index in [1.165, 1.54) is 0 Å². The van der Waals surface area contributed by atoms with Crippen LogP contribution in [0.5, 0.6) is 0 Å². The second kappa shape index (κ2) is 6.55. The molecule has 4 nitrogen and oxygen atoms in total. The molecule has 0 radical (unpaired) electrons. The van der Waals surface area contributed by atoms with Crippen molar-refractivity contribution in [1.29, 1.82) is 0 Å². The Morgan fingerprint density at radius 2 is 1.95 bits per heavy atom. The van der Waals surface area contributed by atoms with E-state index in [2.05, 4.69) is 6.92 Å². The Balaban J connectivity index is 1.96. The number of carbonyl (C=O) groups excluding carboxylic acids is 1. The quantitative estimate of drug-likeness (QED) is 0.832. The van der Waals surface area contributed by atoms with Crippen LogP contribution in [-0.2, 0) is 16.1 Å². The third kappa shape index (κ3) is 4.08.